The third kappa shape index (κ3) is 11.5. The molecule has 0 aromatic heterocycles. The fourth-order valence-corrected chi connectivity index (χ4v) is 11.2. The first kappa shape index (κ1) is 53.8. The van der Waals surface area contributed by atoms with E-state index < -0.39 is 31.1 Å². The van der Waals surface area contributed by atoms with E-state index in [0.29, 0.717) is 13.2 Å². The van der Waals surface area contributed by atoms with Gasteiger partial charge in [0.2, 0.25) is 5.69 Å². The van der Waals surface area contributed by atoms with Crippen LogP contribution in [0.1, 0.15) is 91.2 Å². The number of halogens is 7. The third-order valence-electron chi connectivity index (χ3n) is 12.6. The van der Waals surface area contributed by atoms with E-state index in [2.05, 4.69) is 148 Å². The summed E-state index contributed by atoms with van der Waals surface area (Å²) < 4.78 is 124. The first-order chi connectivity index (χ1) is 32.4. The normalized spacial score (nSPS) is 18.3. The Bertz CT molecular complexity index is 2900. The summed E-state index contributed by atoms with van der Waals surface area (Å²) in [5.74, 6) is 0. The average molecular weight is 1020 g/mol. The Morgan fingerprint density at radius 1 is 0.696 bits per heavy atom. The Hall–Kier alpha value is -4.52. The maximum atomic E-state index is 11.4. The van der Waals surface area contributed by atoms with Crippen molar-refractivity contribution < 1.29 is 57.2 Å². The highest BCUT2D eigenvalue weighted by Crippen LogP contribution is 2.51. The van der Waals surface area contributed by atoms with Crippen LogP contribution < -0.4 is 4.90 Å². The molecule has 69 heavy (non-hydrogen) atoms. The van der Waals surface area contributed by atoms with Crippen molar-refractivity contribution in [2.75, 3.05) is 44.4 Å². The number of fused-ring (bicyclic) bond motifs is 6. The van der Waals surface area contributed by atoms with Crippen LogP contribution in [0.2, 0.25) is 0 Å². The number of nitrogens with zero attached hydrogens (tertiary/aromatic N) is 3. The Labute approximate surface area is 406 Å². The van der Waals surface area contributed by atoms with Gasteiger partial charge in [0.1, 0.15) is 6.61 Å². The Kier molecular flexibility index (Phi) is 16.7. The van der Waals surface area contributed by atoms with Gasteiger partial charge in [-0.15, -0.1) is 0 Å². The predicted octanol–water partition coefficient (Wildman–Crippen LogP) is 13.5. The monoisotopic (exact) mass is 1020 g/mol. The topological polar surface area (TPSA) is 107 Å². The first-order valence-corrected chi connectivity index (χ1v) is 26.1. The van der Waals surface area contributed by atoms with Crippen molar-refractivity contribution in [3.63, 3.8) is 0 Å². The third-order valence-corrected chi connectivity index (χ3v) is 15.8. The molecule has 1 aliphatic carbocycles. The number of benzene rings is 4. The van der Waals surface area contributed by atoms with E-state index in [1.165, 1.54) is 66.6 Å². The zero-order chi connectivity index (χ0) is 50.6. The molecule has 0 bridgehead atoms. The van der Waals surface area contributed by atoms with Crippen LogP contribution in [-0.4, -0.2) is 77.7 Å². The zero-order valence-electron chi connectivity index (χ0n) is 39.5. The van der Waals surface area contributed by atoms with E-state index in [0.717, 1.165) is 74.0 Å². The minimum Gasteiger partial charge on any atom is -0.421 e. The molecule has 0 spiro atoms. The number of rotatable bonds is 17. The van der Waals surface area contributed by atoms with Gasteiger partial charge in [-0.3, -0.25) is 0 Å². The number of sulfonamides is 2. The predicted molar refractivity (Wildman–Crippen MR) is 263 cm³/mol. The number of hydrogen-bond acceptors (Lipinski definition) is 7. The standard InChI is InChI=1S/C49H58ClN2O2.C2F6NO4S2/c1-7-9-31-53-33-29-51-41-25-21-35-15-11-13-17-39(35)45(41)48(3,4)43(51)27-23-37-19-20-38(47(37)50)24-28-44-49(5,6)46-40-18-14-12-16-36(40)22-26-42(46)52(44)30-34-54-32-10-8-2;3-1(4,5)14(10,11)9-15(12,13)2(6,7)8/h11-18,21-28H,7-10,19-20,29-34H2,1-6H3;/q+1;-1. The molecule has 4 aromatic carbocycles. The molecule has 0 N–H and O–H groups in total. The fourth-order valence-electron chi connectivity index (χ4n) is 9.14. The second kappa shape index (κ2) is 21.5. The van der Waals surface area contributed by atoms with Crippen LogP contribution in [0.4, 0.5) is 37.7 Å². The Balaban J connectivity index is 0.000000450. The summed E-state index contributed by atoms with van der Waals surface area (Å²) in [6.45, 7) is 18.5. The lowest BCUT2D eigenvalue weighted by molar-refractivity contribution is -0.442. The molecule has 0 saturated heterocycles. The van der Waals surface area contributed by atoms with E-state index in [1.54, 1.807) is 0 Å². The largest absolute Gasteiger partial charge is 0.480 e. The summed E-state index contributed by atoms with van der Waals surface area (Å²) in [4.78, 5) is 2.49. The highest BCUT2D eigenvalue weighted by atomic mass is 35.5. The summed E-state index contributed by atoms with van der Waals surface area (Å²) in [6.07, 6.45) is 15.6. The number of hydrogen-bond donors (Lipinski definition) is 0. The van der Waals surface area contributed by atoms with Crippen molar-refractivity contribution in [3.05, 3.63) is 134 Å². The van der Waals surface area contributed by atoms with Gasteiger partial charge in [0, 0.05) is 59.3 Å². The average Bonchev–Trinajstić information content (AvgIpc) is 3.82. The molecule has 9 nitrogen and oxygen atoms in total. The second-order valence-corrected chi connectivity index (χ2v) is 21.9. The van der Waals surface area contributed by atoms with Crippen molar-refractivity contribution in [2.24, 2.45) is 0 Å². The van der Waals surface area contributed by atoms with Crippen molar-refractivity contribution >= 4 is 70.3 Å². The highest BCUT2D eigenvalue weighted by molar-refractivity contribution is 8.13. The molecule has 0 unspecified atom stereocenters. The van der Waals surface area contributed by atoms with Gasteiger partial charge in [0.25, 0.3) is 0 Å². The number of unbranched alkanes of at least 4 members (excludes halogenated alkanes) is 2. The molecule has 0 atom stereocenters. The van der Waals surface area contributed by atoms with Crippen LogP contribution in [-0.2, 0) is 40.4 Å². The lowest BCUT2D eigenvalue weighted by atomic mass is 9.79. The number of anilines is 1. The maximum Gasteiger partial charge on any atom is 0.480 e. The van der Waals surface area contributed by atoms with E-state index in [9.17, 15) is 43.2 Å². The molecule has 2 heterocycles. The van der Waals surface area contributed by atoms with Gasteiger partial charge in [0.15, 0.2) is 32.3 Å². The SMILES string of the molecule is CCCCOCCN1/C(=C/C=C2\CCC(/C=C/C3=[N+](CCOCCCC)c4ccc5ccccc5c4C3(C)C)=C2Cl)C(C)(C)c2c1ccc1ccccc21.O=S(=O)([N-]S(=O)(=O)C(F)(F)F)C(F)(F)F. The molecule has 7 rings (SSSR count). The number of allylic oxidation sites excluding steroid dienone is 8. The van der Waals surface area contributed by atoms with E-state index in [-0.39, 0.29) is 10.8 Å². The zero-order valence-corrected chi connectivity index (χ0v) is 41.9. The number of ether oxygens (including phenoxy) is 2. The molecular formula is C51H58ClF6N3O6S2. The van der Waals surface area contributed by atoms with Gasteiger partial charge in [-0.2, -0.15) is 30.9 Å². The number of alkyl halides is 6. The van der Waals surface area contributed by atoms with Crippen LogP contribution in [0, 0.1) is 0 Å². The smallest absolute Gasteiger partial charge is 0.421 e. The van der Waals surface area contributed by atoms with Gasteiger partial charge in [-0.05, 0) is 96.0 Å². The van der Waals surface area contributed by atoms with Gasteiger partial charge in [-0.1, -0.05) is 119 Å². The van der Waals surface area contributed by atoms with Gasteiger partial charge in [0.05, 0.1) is 12.0 Å². The van der Waals surface area contributed by atoms with Crippen molar-refractivity contribution in [2.45, 2.75) is 102 Å². The van der Waals surface area contributed by atoms with Crippen LogP contribution in [0.5, 0.6) is 0 Å². The van der Waals surface area contributed by atoms with Crippen LogP contribution in [0.15, 0.2) is 119 Å². The molecule has 0 fully saturated rings. The molecule has 374 valence electrons. The summed E-state index contributed by atoms with van der Waals surface area (Å²) in [5, 5.41) is 6.09. The molecule has 4 aromatic rings. The molecule has 18 heteroatoms. The van der Waals surface area contributed by atoms with Crippen molar-refractivity contribution in [3.8, 4) is 0 Å². The molecular weight excluding hydrogens is 964 g/mol. The Morgan fingerprint density at radius 3 is 1.83 bits per heavy atom. The molecule has 0 amide bonds. The molecule has 3 aliphatic rings. The maximum absolute atomic E-state index is 11.4. The fraction of sp³-hybridized carbons (Fsp3) is 0.431. The summed E-state index contributed by atoms with van der Waals surface area (Å²) in [5.41, 5.74) is -2.44. The van der Waals surface area contributed by atoms with Crippen LogP contribution in [0.25, 0.3) is 25.7 Å². The molecule has 2 aliphatic heterocycles. The lowest BCUT2D eigenvalue weighted by Gasteiger charge is -2.27. The molecule has 0 saturated carbocycles. The molecule has 0 radical (unpaired) electrons. The minimum absolute atomic E-state index is 0.179. The summed E-state index contributed by atoms with van der Waals surface area (Å²) in [7, 11) is -13.4. The van der Waals surface area contributed by atoms with Gasteiger partial charge < -0.3 is 18.5 Å². The second-order valence-electron chi connectivity index (χ2n) is 18.1. The van der Waals surface area contributed by atoms with Gasteiger partial charge in [-0.25, -0.2) is 16.8 Å². The minimum atomic E-state index is -6.72. The first-order valence-electron chi connectivity index (χ1n) is 22.9. The summed E-state index contributed by atoms with van der Waals surface area (Å²) in [6, 6.07) is 26.7. The van der Waals surface area contributed by atoms with Crippen molar-refractivity contribution in [1.82, 2.24) is 0 Å². The Morgan fingerprint density at radius 2 is 1.25 bits per heavy atom. The quantitative estimate of drug-likeness (QED) is 0.0589. The highest BCUT2D eigenvalue weighted by Gasteiger charge is 2.48. The van der Waals surface area contributed by atoms with E-state index >= 15 is 0 Å². The van der Waals surface area contributed by atoms with Gasteiger partial charge >= 0.3 is 11.0 Å². The van der Waals surface area contributed by atoms with Crippen LogP contribution in [0.3, 0.4) is 0 Å². The van der Waals surface area contributed by atoms with E-state index in [1.807, 2.05) is 0 Å². The lowest BCUT2D eigenvalue weighted by Crippen LogP contribution is -2.30. The van der Waals surface area contributed by atoms with Crippen molar-refractivity contribution in [1.29, 1.82) is 0 Å². The van der Waals surface area contributed by atoms with E-state index in [4.69, 9.17) is 21.1 Å². The van der Waals surface area contributed by atoms with Crippen LogP contribution >= 0.6 is 11.6 Å². The summed E-state index contributed by atoms with van der Waals surface area (Å²) >= 11 is 7.28.